The number of ether oxygens (including phenoxy) is 1. The van der Waals surface area contributed by atoms with E-state index in [0.717, 1.165) is 19.6 Å². The second-order valence-corrected chi connectivity index (χ2v) is 2.76. The summed E-state index contributed by atoms with van der Waals surface area (Å²) < 4.78 is 5.37. The Labute approximate surface area is 61.4 Å². The second-order valence-electron chi connectivity index (χ2n) is 2.76. The molecule has 1 rings (SSSR count). The normalized spacial score (nSPS) is 34.2. The van der Waals surface area contributed by atoms with E-state index in [1.54, 1.807) is 0 Å². The van der Waals surface area contributed by atoms with E-state index in [4.69, 9.17) is 9.84 Å². The zero-order chi connectivity index (χ0) is 7.40. The summed E-state index contributed by atoms with van der Waals surface area (Å²) in [5, 5.41) is 11.9. The van der Waals surface area contributed by atoms with Crippen molar-refractivity contribution in [3.63, 3.8) is 0 Å². The third-order valence-electron chi connectivity index (χ3n) is 1.75. The predicted molar refractivity (Wildman–Crippen MR) is 38.9 cm³/mol. The van der Waals surface area contributed by atoms with Gasteiger partial charge >= 0.3 is 0 Å². The van der Waals surface area contributed by atoms with Gasteiger partial charge in [0.25, 0.3) is 0 Å². The lowest BCUT2D eigenvalue weighted by atomic mass is 10.2. The summed E-state index contributed by atoms with van der Waals surface area (Å²) in [7, 11) is 0. The van der Waals surface area contributed by atoms with Gasteiger partial charge in [0.15, 0.2) is 0 Å². The first-order chi connectivity index (χ1) is 4.83. The van der Waals surface area contributed by atoms with Crippen molar-refractivity contribution >= 4 is 0 Å². The largest absolute Gasteiger partial charge is 0.396 e. The quantitative estimate of drug-likeness (QED) is 0.563. The van der Waals surface area contributed by atoms with E-state index in [0.29, 0.717) is 12.1 Å². The molecule has 1 saturated heterocycles. The van der Waals surface area contributed by atoms with Crippen LogP contribution in [0.25, 0.3) is 0 Å². The molecule has 3 nitrogen and oxygen atoms in total. The molecule has 0 amide bonds. The van der Waals surface area contributed by atoms with Crippen LogP contribution in [-0.4, -0.2) is 37.0 Å². The Kier molecular flexibility index (Phi) is 3.12. The molecule has 2 atom stereocenters. The fraction of sp³-hybridized carbons (Fsp3) is 1.00. The number of rotatable bonds is 2. The first-order valence-corrected chi connectivity index (χ1v) is 3.78. The molecule has 0 aromatic rings. The van der Waals surface area contributed by atoms with Gasteiger partial charge in [-0.1, -0.05) is 0 Å². The average Bonchev–Trinajstić information content (AvgIpc) is 1.95. The molecule has 3 heteroatoms. The highest BCUT2D eigenvalue weighted by molar-refractivity contribution is 4.72. The van der Waals surface area contributed by atoms with E-state index in [-0.39, 0.29) is 6.61 Å². The summed E-state index contributed by atoms with van der Waals surface area (Å²) in [6, 6.07) is 0.362. The van der Waals surface area contributed by atoms with Gasteiger partial charge in [-0.3, -0.25) is 0 Å². The van der Waals surface area contributed by atoms with Crippen LogP contribution in [0.4, 0.5) is 0 Å². The minimum absolute atomic E-state index is 0.245. The SMILES string of the molecule is C[C@@H]1CN[C@@H](CCO)CO1. The molecule has 0 aliphatic carbocycles. The first kappa shape index (κ1) is 7.98. The Morgan fingerprint density at radius 2 is 2.50 bits per heavy atom. The van der Waals surface area contributed by atoms with Crippen LogP contribution in [0, 0.1) is 0 Å². The van der Waals surface area contributed by atoms with Crippen LogP contribution in [0.5, 0.6) is 0 Å². The maximum atomic E-state index is 8.59. The van der Waals surface area contributed by atoms with E-state index >= 15 is 0 Å². The lowest BCUT2D eigenvalue weighted by Gasteiger charge is -2.27. The Bertz CT molecular complexity index is 89.6. The Balaban J connectivity index is 2.13. The van der Waals surface area contributed by atoms with Gasteiger partial charge in [-0.25, -0.2) is 0 Å². The van der Waals surface area contributed by atoms with Crippen molar-refractivity contribution in [2.45, 2.75) is 25.5 Å². The number of hydrogen-bond donors (Lipinski definition) is 2. The Morgan fingerprint density at radius 1 is 1.70 bits per heavy atom. The number of hydrogen-bond acceptors (Lipinski definition) is 3. The third-order valence-corrected chi connectivity index (χ3v) is 1.75. The third kappa shape index (κ3) is 2.25. The molecule has 0 unspecified atom stereocenters. The van der Waals surface area contributed by atoms with Crippen molar-refractivity contribution in [3.05, 3.63) is 0 Å². The lowest BCUT2D eigenvalue weighted by molar-refractivity contribution is 0.00995. The van der Waals surface area contributed by atoms with Crippen molar-refractivity contribution in [3.8, 4) is 0 Å². The molecule has 1 fully saturated rings. The summed E-state index contributed by atoms with van der Waals surface area (Å²) in [6.07, 6.45) is 1.13. The molecular weight excluding hydrogens is 130 g/mol. The molecule has 10 heavy (non-hydrogen) atoms. The van der Waals surface area contributed by atoms with Crippen LogP contribution < -0.4 is 5.32 Å². The maximum Gasteiger partial charge on any atom is 0.0672 e. The van der Waals surface area contributed by atoms with E-state index in [2.05, 4.69) is 5.32 Å². The highest BCUT2D eigenvalue weighted by Crippen LogP contribution is 2.02. The maximum absolute atomic E-state index is 8.59. The van der Waals surface area contributed by atoms with E-state index in [1.807, 2.05) is 6.92 Å². The zero-order valence-electron chi connectivity index (χ0n) is 6.34. The van der Waals surface area contributed by atoms with E-state index in [1.165, 1.54) is 0 Å². The first-order valence-electron chi connectivity index (χ1n) is 3.78. The summed E-state index contributed by atoms with van der Waals surface area (Å²) in [4.78, 5) is 0. The second kappa shape index (κ2) is 3.91. The fourth-order valence-corrected chi connectivity index (χ4v) is 1.07. The molecule has 1 heterocycles. The fourth-order valence-electron chi connectivity index (χ4n) is 1.07. The summed E-state index contributed by atoms with van der Waals surface area (Å²) in [5.74, 6) is 0. The van der Waals surface area contributed by atoms with E-state index < -0.39 is 0 Å². The van der Waals surface area contributed by atoms with Crippen molar-refractivity contribution in [2.24, 2.45) is 0 Å². The molecule has 0 aromatic carbocycles. The lowest BCUT2D eigenvalue weighted by Crippen LogP contribution is -2.45. The molecule has 60 valence electrons. The van der Waals surface area contributed by atoms with Gasteiger partial charge in [-0.05, 0) is 13.3 Å². The van der Waals surface area contributed by atoms with E-state index in [9.17, 15) is 0 Å². The smallest absolute Gasteiger partial charge is 0.0672 e. The van der Waals surface area contributed by atoms with Gasteiger partial charge < -0.3 is 15.2 Å². The topological polar surface area (TPSA) is 41.5 Å². The minimum atomic E-state index is 0.245. The van der Waals surface area contributed by atoms with Gasteiger partial charge in [0.05, 0.1) is 12.7 Å². The van der Waals surface area contributed by atoms with Crippen molar-refractivity contribution in [1.29, 1.82) is 0 Å². The predicted octanol–water partition coefficient (Wildman–Crippen LogP) is -0.254. The zero-order valence-corrected chi connectivity index (χ0v) is 6.34. The summed E-state index contributed by atoms with van der Waals surface area (Å²) in [6.45, 7) is 3.93. The molecule has 1 aliphatic heterocycles. The minimum Gasteiger partial charge on any atom is -0.396 e. The van der Waals surface area contributed by atoms with Crippen LogP contribution >= 0.6 is 0 Å². The number of nitrogens with one attached hydrogen (secondary N) is 1. The molecule has 0 aromatic heterocycles. The molecule has 1 aliphatic rings. The molecule has 2 N–H and O–H groups in total. The number of aliphatic hydroxyl groups is 1. The van der Waals surface area contributed by atoms with Crippen LogP contribution in [0.1, 0.15) is 13.3 Å². The molecular formula is C7H15NO2. The molecule has 0 spiro atoms. The van der Waals surface area contributed by atoms with Crippen LogP contribution in [0.15, 0.2) is 0 Å². The van der Waals surface area contributed by atoms with Gasteiger partial charge in [-0.15, -0.1) is 0 Å². The molecule has 0 radical (unpaired) electrons. The summed E-state index contributed by atoms with van der Waals surface area (Å²) >= 11 is 0. The monoisotopic (exact) mass is 145 g/mol. The van der Waals surface area contributed by atoms with Crippen molar-refractivity contribution < 1.29 is 9.84 Å². The van der Waals surface area contributed by atoms with Crippen LogP contribution in [0.2, 0.25) is 0 Å². The molecule has 0 saturated carbocycles. The standard InChI is InChI=1S/C7H15NO2/c1-6-4-8-7(2-3-9)5-10-6/h6-9H,2-5H2,1H3/t6-,7+/m1/s1. The number of aliphatic hydroxyl groups excluding tert-OH is 1. The Morgan fingerprint density at radius 3 is 3.00 bits per heavy atom. The van der Waals surface area contributed by atoms with Gasteiger partial charge in [0.2, 0.25) is 0 Å². The van der Waals surface area contributed by atoms with Gasteiger partial charge in [-0.2, -0.15) is 0 Å². The number of morpholine rings is 1. The van der Waals surface area contributed by atoms with Crippen molar-refractivity contribution in [2.75, 3.05) is 19.8 Å². The average molecular weight is 145 g/mol. The van der Waals surface area contributed by atoms with Crippen LogP contribution in [-0.2, 0) is 4.74 Å². The molecule has 0 bridgehead atoms. The Hall–Kier alpha value is -0.120. The van der Waals surface area contributed by atoms with Crippen LogP contribution in [0.3, 0.4) is 0 Å². The van der Waals surface area contributed by atoms with Crippen molar-refractivity contribution in [1.82, 2.24) is 5.32 Å². The highest BCUT2D eigenvalue weighted by Gasteiger charge is 2.16. The highest BCUT2D eigenvalue weighted by atomic mass is 16.5. The van der Waals surface area contributed by atoms with Gasteiger partial charge in [0.1, 0.15) is 0 Å². The summed E-state index contributed by atoms with van der Waals surface area (Å²) in [5.41, 5.74) is 0. The van der Waals surface area contributed by atoms with Gasteiger partial charge in [0, 0.05) is 19.2 Å².